The number of carbonyl (C=O) groups is 3. The molecule has 2 amide bonds. The first kappa shape index (κ1) is 16.1. The zero-order chi connectivity index (χ0) is 17.1. The van der Waals surface area contributed by atoms with Crippen LogP contribution >= 0.6 is 11.8 Å². The van der Waals surface area contributed by atoms with E-state index in [1.165, 1.54) is 17.0 Å². The van der Waals surface area contributed by atoms with E-state index in [4.69, 9.17) is 5.11 Å². The van der Waals surface area contributed by atoms with Crippen molar-refractivity contribution in [1.82, 2.24) is 4.90 Å². The number of nitrogens with one attached hydrogen (secondary N) is 1. The summed E-state index contributed by atoms with van der Waals surface area (Å²) in [6.45, 7) is 0.238. The Morgan fingerprint density at radius 1 is 1.08 bits per heavy atom. The Morgan fingerprint density at radius 3 is 2.38 bits per heavy atom. The van der Waals surface area contributed by atoms with Crippen LogP contribution in [0.1, 0.15) is 15.9 Å². The third kappa shape index (κ3) is 3.41. The predicted molar refractivity (Wildman–Crippen MR) is 90.8 cm³/mol. The van der Waals surface area contributed by atoms with Gasteiger partial charge in [-0.1, -0.05) is 30.3 Å². The summed E-state index contributed by atoms with van der Waals surface area (Å²) in [6.07, 6.45) is 0. The van der Waals surface area contributed by atoms with Crippen LogP contribution in [0.5, 0.6) is 0 Å². The van der Waals surface area contributed by atoms with Crippen LogP contribution in [-0.2, 0) is 11.3 Å². The fraction of sp³-hybridized carbons (Fsp3) is 0.118. The first-order valence-electron chi connectivity index (χ1n) is 7.20. The van der Waals surface area contributed by atoms with Gasteiger partial charge in [0.05, 0.1) is 12.1 Å². The monoisotopic (exact) mass is 342 g/mol. The summed E-state index contributed by atoms with van der Waals surface area (Å²) < 4.78 is 0. The minimum absolute atomic E-state index is 0.160. The van der Waals surface area contributed by atoms with Crippen LogP contribution in [0.15, 0.2) is 54.6 Å². The van der Waals surface area contributed by atoms with Gasteiger partial charge in [-0.2, -0.15) is 0 Å². The van der Waals surface area contributed by atoms with Crippen molar-refractivity contribution < 1.29 is 19.5 Å². The summed E-state index contributed by atoms with van der Waals surface area (Å²) in [5.41, 5.74) is 1.62. The second-order valence-electron chi connectivity index (χ2n) is 5.20. The Bertz CT molecular complexity index is 777. The van der Waals surface area contributed by atoms with E-state index < -0.39 is 11.3 Å². The lowest BCUT2D eigenvalue weighted by Gasteiger charge is -2.15. The number of thioether (sulfide) groups is 1. The number of carbonyl (C=O) groups excluding carboxylic acids is 2. The van der Waals surface area contributed by atoms with E-state index in [1.54, 1.807) is 12.1 Å². The van der Waals surface area contributed by atoms with Crippen LogP contribution in [0, 0.1) is 0 Å². The molecule has 0 aromatic heterocycles. The van der Waals surface area contributed by atoms with Gasteiger partial charge < -0.3 is 10.4 Å². The van der Waals surface area contributed by atoms with Crippen molar-refractivity contribution in [2.24, 2.45) is 0 Å². The molecule has 0 spiro atoms. The highest BCUT2D eigenvalue weighted by Crippen LogP contribution is 2.29. The van der Waals surface area contributed by atoms with Crippen LogP contribution in [0.2, 0.25) is 0 Å². The molecule has 1 aliphatic heterocycles. The number of amides is 2. The molecule has 1 saturated heterocycles. The maximum absolute atomic E-state index is 12.4. The maximum Gasteiger partial charge on any atom is 0.335 e. The molecular weight excluding hydrogens is 328 g/mol. The van der Waals surface area contributed by atoms with E-state index >= 15 is 0 Å². The van der Waals surface area contributed by atoms with Crippen molar-refractivity contribution in [1.29, 1.82) is 0 Å². The van der Waals surface area contributed by atoms with Crippen LogP contribution in [0.25, 0.3) is 0 Å². The fourth-order valence-corrected chi connectivity index (χ4v) is 3.21. The van der Waals surface area contributed by atoms with Gasteiger partial charge in [0.2, 0.25) is 0 Å². The van der Waals surface area contributed by atoms with Crippen molar-refractivity contribution in [3.8, 4) is 0 Å². The highest BCUT2D eigenvalue weighted by molar-refractivity contribution is 8.15. The van der Waals surface area contributed by atoms with Gasteiger partial charge in [0.1, 0.15) is 0 Å². The van der Waals surface area contributed by atoms with Gasteiger partial charge in [-0.3, -0.25) is 14.5 Å². The molecule has 0 radical (unpaired) electrons. The number of rotatable bonds is 5. The van der Waals surface area contributed by atoms with Gasteiger partial charge in [-0.05, 0) is 41.6 Å². The Hall–Kier alpha value is -2.80. The molecule has 122 valence electrons. The smallest absolute Gasteiger partial charge is 0.335 e. The molecule has 0 unspecified atom stereocenters. The fourth-order valence-electron chi connectivity index (χ4n) is 2.31. The van der Waals surface area contributed by atoms with Crippen LogP contribution in [0.4, 0.5) is 10.5 Å². The Labute approximate surface area is 142 Å². The minimum Gasteiger partial charge on any atom is -0.478 e. The van der Waals surface area contributed by atoms with Crippen molar-refractivity contribution in [2.75, 3.05) is 5.32 Å². The SMILES string of the molecule is O=C(O)c1ccc(N[C@H]2SC(=O)N(Cc3ccccc3)C2=O)cc1. The number of aromatic carboxylic acids is 1. The second kappa shape index (κ2) is 6.76. The third-order valence-electron chi connectivity index (χ3n) is 3.54. The first-order chi connectivity index (χ1) is 11.5. The summed E-state index contributed by atoms with van der Waals surface area (Å²) in [6, 6.07) is 15.3. The molecule has 0 saturated carbocycles. The zero-order valence-electron chi connectivity index (χ0n) is 12.5. The first-order valence-corrected chi connectivity index (χ1v) is 8.08. The average molecular weight is 342 g/mol. The molecule has 1 atom stereocenters. The van der Waals surface area contributed by atoms with Crippen molar-refractivity contribution >= 4 is 34.6 Å². The van der Waals surface area contributed by atoms with Gasteiger partial charge in [-0.25, -0.2) is 4.79 Å². The number of hydrogen-bond donors (Lipinski definition) is 2. The topological polar surface area (TPSA) is 86.7 Å². The van der Waals surface area contributed by atoms with E-state index in [1.807, 2.05) is 30.3 Å². The van der Waals surface area contributed by atoms with E-state index in [0.717, 1.165) is 17.3 Å². The summed E-state index contributed by atoms with van der Waals surface area (Å²) >= 11 is 0.916. The van der Waals surface area contributed by atoms with Crippen LogP contribution < -0.4 is 5.32 Å². The van der Waals surface area contributed by atoms with Crippen molar-refractivity contribution in [3.63, 3.8) is 0 Å². The lowest BCUT2D eigenvalue weighted by Crippen LogP contribution is -2.33. The van der Waals surface area contributed by atoms with Crippen molar-refractivity contribution in [2.45, 2.75) is 11.9 Å². The highest BCUT2D eigenvalue weighted by atomic mass is 32.2. The molecule has 1 heterocycles. The maximum atomic E-state index is 12.4. The number of nitrogens with zero attached hydrogens (tertiary/aromatic N) is 1. The lowest BCUT2D eigenvalue weighted by molar-refractivity contribution is -0.126. The number of benzene rings is 2. The normalized spacial score (nSPS) is 17.2. The number of carboxylic acid groups (broad SMARTS) is 1. The molecule has 3 rings (SSSR count). The molecule has 24 heavy (non-hydrogen) atoms. The van der Waals surface area contributed by atoms with Gasteiger partial charge >= 0.3 is 5.97 Å². The van der Waals surface area contributed by atoms with E-state index in [0.29, 0.717) is 5.69 Å². The summed E-state index contributed by atoms with van der Waals surface area (Å²) in [7, 11) is 0. The second-order valence-corrected chi connectivity index (χ2v) is 6.26. The molecular formula is C17H14N2O4S. The summed E-state index contributed by atoms with van der Waals surface area (Å²) in [4.78, 5) is 36.6. The van der Waals surface area contributed by atoms with Crippen LogP contribution in [0.3, 0.4) is 0 Å². The van der Waals surface area contributed by atoms with Crippen LogP contribution in [-0.4, -0.2) is 32.5 Å². The van der Waals surface area contributed by atoms with E-state index in [-0.39, 0.29) is 23.3 Å². The minimum atomic E-state index is -1.02. The molecule has 1 fully saturated rings. The Kier molecular flexibility index (Phi) is 4.52. The summed E-state index contributed by atoms with van der Waals surface area (Å²) in [5.74, 6) is -1.33. The third-order valence-corrected chi connectivity index (χ3v) is 4.52. The molecule has 1 aliphatic rings. The Morgan fingerprint density at radius 2 is 1.75 bits per heavy atom. The standard InChI is InChI=1S/C17H14N2O4S/c20-15-14(18-13-8-6-12(7-9-13)16(21)22)24-17(23)19(15)10-11-4-2-1-3-5-11/h1-9,14,18H,10H2,(H,21,22)/t14-/m0/s1. The number of imide groups is 1. The summed E-state index contributed by atoms with van der Waals surface area (Å²) in [5, 5.41) is 10.8. The number of anilines is 1. The van der Waals surface area contributed by atoms with Gasteiger partial charge in [0.15, 0.2) is 5.37 Å². The molecule has 0 bridgehead atoms. The molecule has 2 aromatic rings. The average Bonchev–Trinajstić information content (AvgIpc) is 2.84. The number of hydrogen-bond acceptors (Lipinski definition) is 5. The molecule has 2 N–H and O–H groups in total. The predicted octanol–water partition coefficient (Wildman–Crippen LogP) is 3.02. The largest absolute Gasteiger partial charge is 0.478 e. The molecule has 7 heteroatoms. The molecule has 2 aromatic carbocycles. The van der Waals surface area contributed by atoms with Crippen molar-refractivity contribution in [3.05, 3.63) is 65.7 Å². The van der Waals surface area contributed by atoms with E-state index in [9.17, 15) is 14.4 Å². The zero-order valence-corrected chi connectivity index (χ0v) is 13.3. The highest BCUT2D eigenvalue weighted by Gasteiger charge is 2.39. The van der Waals surface area contributed by atoms with Gasteiger partial charge in [0.25, 0.3) is 11.1 Å². The lowest BCUT2D eigenvalue weighted by atomic mass is 10.2. The molecule has 0 aliphatic carbocycles. The Balaban J connectivity index is 1.68. The molecule has 6 nitrogen and oxygen atoms in total. The van der Waals surface area contributed by atoms with Gasteiger partial charge in [-0.15, -0.1) is 0 Å². The number of carboxylic acids is 1. The van der Waals surface area contributed by atoms with Gasteiger partial charge in [0, 0.05) is 5.69 Å². The van der Waals surface area contributed by atoms with E-state index in [2.05, 4.69) is 5.32 Å². The quantitative estimate of drug-likeness (QED) is 0.868.